The van der Waals surface area contributed by atoms with E-state index in [4.69, 9.17) is 0 Å². The first-order valence-corrected chi connectivity index (χ1v) is 8.95. The second-order valence-corrected chi connectivity index (χ2v) is 6.95. The molecule has 1 N–H and O–H groups in total. The average molecular weight is 405 g/mol. The standard InChI is InChI=1S/C19H18BrFN2O2/c20-16-9-15(10-17(21)11-16)18(24)22-12-13-3-5-14(6-4-13)19(25)23-7-1-2-8-23/h3-6,9-11H,1-2,7-8,12H2,(H,22,24). The van der Waals surface area contributed by atoms with E-state index in [2.05, 4.69) is 21.2 Å². The summed E-state index contributed by atoms with van der Waals surface area (Å²) in [5.74, 6) is -0.764. The summed E-state index contributed by atoms with van der Waals surface area (Å²) in [6.45, 7) is 1.95. The second kappa shape index (κ2) is 7.78. The van der Waals surface area contributed by atoms with Crippen LogP contribution in [-0.2, 0) is 6.54 Å². The third-order valence-electron chi connectivity index (χ3n) is 4.17. The molecule has 1 fully saturated rings. The Morgan fingerprint density at radius 2 is 1.72 bits per heavy atom. The molecule has 1 saturated heterocycles. The fourth-order valence-corrected chi connectivity index (χ4v) is 3.30. The van der Waals surface area contributed by atoms with Crippen LogP contribution in [0.2, 0.25) is 0 Å². The zero-order valence-electron chi connectivity index (χ0n) is 13.6. The quantitative estimate of drug-likeness (QED) is 0.843. The minimum Gasteiger partial charge on any atom is -0.348 e. The predicted molar refractivity (Wildman–Crippen MR) is 96.8 cm³/mol. The number of benzene rings is 2. The molecule has 0 saturated carbocycles. The molecule has 1 aliphatic heterocycles. The first-order chi connectivity index (χ1) is 12.0. The molecule has 0 bridgehead atoms. The lowest BCUT2D eigenvalue weighted by Gasteiger charge is -2.15. The molecule has 0 aromatic heterocycles. The summed E-state index contributed by atoms with van der Waals surface area (Å²) in [5.41, 5.74) is 1.79. The van der Waals surface area contributed by atoms with E-state index in [-0.39, 0.29) is 17.4 Å². The molecule has 1 aliphatic rings. The average Bonchev–Trinajstić information content (AvgIpc) is 3.13. The number of likely N-dealkylation sites (tertiary alicyclic amines) is 1. The van der Waals surface area contributed by atoms with Crippen LogP contribution in [0.3, 0.4) is 0 Å². The number of carbonyl (C=O) groups excluding carboxylic acids is 2. The van der Waals surface area contributed by atoms with Crippen LogP contribution < -0.4 is 5.32 Å². The maximum Gasteiger partial charge on any atom is 0.253 e. The highest BCUT2D eigenvalue weighted by Crippen LogP contribution is 2.16. The van der Waals surface area contributed by atoms with Crippen LogP contribution in [0.4, 0.5) is 4.39 Å². The molecule has 2 aromatic rings. The Hall–Kier alpha value is -2.21. The van der Waals surface area contributed by atoms with Crippen LogP contribution in [0.5, 0.6) is 0 Å². The summed E-state index contributed by atoms with van der Waals surface area (Å²) >= 11 is 3.17. The van der Waals surface area contributed by atoms with Gasteiger partial charge in [-0.1, -0.05) is 28.1 Å². The van der Waals surface area contributed by atoms with Gasteiger partial charge in [0.15, 0.2) is 0 Å². The number of hydrogen-bond donors (Lipinski definition) is 1. The molecule has 0 unspecified atom stereocenters. The van der Waals surface area contributed by atoms with E-state index in [9.17, 15) is 14.0 Å². The number of nitrogens with zero attached hydrogens (tertiary/aromatic N) is 1. The van der Waals surface area contributed by atoms with Gasteiger partial charge in [-0.25, -0.2) is 4.39 Å². The summed E-state index contributed by atoms with van der Waals surface area (Å²) < 4.78 is 13.9. The maximum absolute atomic E-state index is 13.4. The Labute approximate surface area is 154 Å². The van der Waals surface area contributed by atoms with Crippen molar-refractivity contribution in [2.75, 3.05) is 13.1 Å². The van der Waals surface area contributed by atoms with Crippen molar-refractivity contribution in [3.05, 3.63) is 69.4 Å². The molecule has 130 valence electrons. The summed E-state index contributed by atoms with van der Waals surface area (Å²) in [6, 6.07) is 11.3. The van der Waals surface area contributed by atoms with Gasteiger partial charge < -0.3 is 10.2 Å². The highest BCUT2D eigenvalue weighted by atomic mass is 79.9. The molecule has 3 rings (SSSR count). The highest BCUT2D eigenvalue weighted by molar-refractivity contribution is 9.10. The van der Waals surface area contributed by atoms with Gasteiger partial charge in [0.25, 0.3) is 11.8 Å². The van der Waals surface area contributed by atoms with Crippen molar-refractivity contribution in [1.82, 2.24) is 10.2 Å². The summed E-state index contributed by atoms with van der Waals surface area (Å²) in [5, 5.41) is 2.75. The van der Waals surface area contributed by atoms with Crippen molar-refractivity contribution in [2.45, 2.75) is 19.4 Å². The Morgan fingerprint density at radius 3 is 2.36 bits per heavy atom. The lowest BCUT2D eigenvalue weighted by atomic mass is 10.1. The van der Waals surface area contributed by atoms with Crippen LogP contribution in [0.1, 0.15) is 39.1 Å². The van der Waals surface area contributed by atoms with Crippen molar-refractivity contribution < 1.29 is 14.0 Å². The van der Waals surface area contributed by atoms with Crippen molar-refractivity contribution in [1.29, 1.82) is 0 Å². The van der Waals surface area contributed by atoms with Gasteiger partial charge in [-0.2, -0.15) is 0 Å². The SMILES string of the molecule is O=C(NCc1ccc(C(=O)N2CCCC2)cc1)c1cc(F)cc(Br)c1. The highest BCUT2D eigenvalue weighted by Gasteiger charge is 2.19. The van der Waals surface area contributed by atoms with Crippen molar-refractivity contribution in [2.24, 2.45) is 0 Å². The monoisotopic (exact) mass is 404 g/mol. The molecular formula is C19H18BrFN2O2. The van der Waals surface area contributed by atoms with E-state index in [1.54, 1.807) is 18.2 Å². The smallest absolute Gasteiger partial charge is 0.253 e. The molecule has 4 nitrogen and oxygen atoms in total. The van der Waals surface area contributed by atoms with E-state index in [0.29, 0.717) is 16.6 Å². The molecule has 2 aromatic carbocycles. The number of rotatable bonds is 4. The van der Waals surface area contributed by atoms with Gasteiger partial charge in [0.2, 0.25) is 0 Å². The summed E-state index contributed by atoms with van der Waals surface area (Å²) in [7, 11) is 0. The van der Waals surface area contributed by atoms with Gasteiger partial charge in [0.1, 0.15) is 5.82 Å². The zero-order chi connectivity index (χ0) is 17.8. The van der Waals surface area contributed by atoms with Gasteiger partial charge in [-0.05, 0) is 48.7 Å². The Morgan fingerprint density at radius 1 is 1.04 bits per heavy atom. The van der Waals surface area contributed by atoms with Gasteiger partial charge in [0.05, 0.1) is 0 Å². The number of carbonyl (C=O) groups is 2. The van der Waals surface area contributed by atoms with E-state index in [1.807, 2.05) is 17.0 Å². The Balaban J connectivity index is 1.59. The van der Waals surface area contributed by atoms with Gasteiger partial charge in [0, 0.05) is 35.2 Å². The molecule has 0 aliphatic carbocycles. The fourth-order valence-electron chi connectivity index (χ4n) is 2.84. The third kappa shape index (κ3) is 4.45. The molecule has 2 amide bonds. The summed E-state index contributed by atoms with van der Waals surface area (Å²) in [4.78, 5) is 26.3. The Kier molecular flexibility index (Phi) is 5.48. The van der Waals surface area contributed by atoms with Gasteiger partial charge >= 0.3 is 0 Å². The minimum atomic E-state index is -0.468. The second-order valence-electron chi connectivity index (χ2n) is 6.04. The first kappa shape index (κ1) is 17.6. The van der Waals surface area contributed by atoms with E-state index >= 15 is 0 Å². The normalized spacial score (nSPS) is 13.8. The van der Waals surface area contributed by atoms with Crippen molar-refractivity contribution >= 4 is 27.7 Å². The minimum absolute atomic E-state index is 0.0534. The number of hydrogen-bond acceptors (Lipinski definition) is 2. The predicted octanol–water partition coefficient (Wildman–Crippen LogP) is 3.75. The van der Waals surface area contributed by atoms with Gasteiger partial charge in [-0.15, -0.1) is 0 Å². The van der Waals surface area contributed by atoms with E-state index < -0.39 is 5.82 Å². The maximum atomic E-state index is 13.4. The third-order valence-corrected chi connectivity index (χ3v) is 4.63. The van der Waals surface area contributed by atoms with Crippen molar-refractivity contribution in [3.63, 3.8) is 0 Å². The fraction of sp³-hybridized carbons (Fsp3) is 0.263. The first-order valence-electron chi connectivity index (χ1n) is 8.15. The molecule has 25 heavy (non-hydrogen) atoms. The van der Waals surface area contributed by atoms with Crippen LogP contribution >= 0.6 is 15.9 Å². The Bertz CT molecular complexity index is 766. The van der Waals surface area contributed by atoms with Crippen LogP contribution in [-0.4, -0.2) is 29.8 Å². The molecule has 6 heteroatoms. The van der Waals surface area contributed by atoms with Crippen LogP contribution in [0, 0.1) is 5.82 Å². The lowest BCUT2D eigenvalue weighted by molar-refractivity contribution is 0.0792. The molecule has 0 spiro atoms. The summed E-state index contributed by atoms with van der Waals surface area (Å²) in [6.07, 6.45) is 2.12. The molecule has 0 radical (unpaired) electrons. The van der Waals surface area contributed by atoms with Crippen LogP contribution in [0.25, 0.3) is 0 Å². The molecule has 0 atom stereocenters. The van der Waals surface area contributed by atoms with E-state index in [1.165, 1.54) is 12.1 Å². The van der Waals surface area contributed by atoms with Crippen LogP contribution in [0.15, 0.2) is 46.9 Å². The number of halogens is 2. The molecular weight excluding hydrogens is 387 g/mol. The zero-order valence-corrected chi connectivity index (χ0v) is 15.2. The van der Waals surface area contributed by atoms with E-state index in [0.717, 1.165) is 31.5 Å². The van der Waals surface area contributed by atoms with Crippen molar-refractivity contribution in [3.8, 4) is 0 Å². The number of nitrogens with one attached hydrogen (secondary N) is 1. The topological polar surface area (TPSA) is 49.4 Å². The number of amides is 2. The molecule has 1 heterocycles. The lowest BCUT2D eigenvalue weighted by Crippen LogP contribution is -2.27. The van der Waals surface area contributed by atoms with Gasteiger partial charge in [-0.3, -0.25) is 9.59 Å². The largest absolute Gasteiger partial charge is 0.348 e.